The van der Waals surface area contributed by atoms with Crippen LogP contribution in [0.15, 0.2) is 53.4 Å². The predicted molar refractivity (Wildman–Crippen MR) is 101 cm³/mol. The molecule has 0 unspecified atom stereocenters. The molecule has 1 N–H and O–H groups in total. The molecule has 1 amide bonds. The molecule has 0 fully saturated rings. The minimum atomic E-state index is -0.171. The average Bonchev–Trinajstić information content (AvgIpc) is 2.61. The van der Waals surface area contributed by atoms with E-state index in [9.17, 15) is 4.79 Å². The van der Waals surface area contributed by atoms with Gasteiger partial charge in [-0.05, 0) is 55.3 Å². The first kappa shape index (κ1) is 18.7. The molecule has 0 saturated heterocycles. The van der Waals surface area contributed by atoms with E-state index in [0.29, 0.717) is 18.2 Å². The molecule has 0 saturated carbocycles. The third kappa shape index (κ3) is 6.10. The third-order valence-corrected chi connectivity index (χ3v) is 4.86. The Labute approximate surface area is 152 Å². The predicted octanol–water partition coefficient (Wildman–Crippen LogP) is 4.58. The number of rotatable bonds is 8. The van der Waals surface area contributed by atoms with Gasteiger partial charge in [-0.3, -0.25) is 4.79 Å². The van der Waals surface area contributed by atoms with Crippen molar-refractivity contribution in [3.63, 3.8) is 0 Å². The highest BCUT2D eigenvalue weighted by atomic mass is 35.5. The molecule has 3 nitrogen and oxygen atoms in total. The van der Waals surface area contributed by atoms with Gasteiger partial charge >= 0.3 is 0 Å². The fourth-order valence-corrected chi connectivity index (χ4v) is 3.10. The van der Waals surface area contributed by atoms with E-state index in [1.807, 2.05) is 43.3 Å². The van der Waals surface area contributed by atoms with E-state index in [-0.39, 0.29) is 11.2 Å². The summed E-state index contributed by atoms with van der Waals surface area (Å²) in [5.41, 5.74) is 1.28. The maximum atomic E-state index is 12.1. The number of hydrogen-bond acceptors (Lipinski definition) is 3. The van der Waals surface area contributed by atoms with Gasteiger partial charge in [0.05, 0.1) is 11.8 Å². The van der Waals surface area contributed by atoms with E-state index in [1.165, 1.54) is 17.3 Å². The van der Waals surface area contributed by atoms with Crippen LogP contribution in [0, 0.1) is 0 Å². The lowest BCUT2D eigenvalue weighted by atomic mass is 10.2. The summed E-state index contributed by atoms with van der Waals surface area (Å²) in [6.45, 7) is 4.95. The van der Waals surface area contributed by atoms with E-state index < -0.39 is 0 Å². The van der Waals surface area contributed by atoms with Gasteiger partial charge in [-0.25, -0.2) is 0 Å². The first-order valence-electron chi connectivity index (χ1n) is 8.00. The summed E-state index contributed by atoms with van der Waals surface area (Å²) in [6, 6.07) is 15.5. The normalized spacial score (nSPS) is 11.8. The molecular formula is C19H22ClNO2S. The number of aryl methyl sites for hydroxylation is 1. The highest BCUT2D eigenvalue weighted by Gasteiger charge is 2.13. The van der Waals surface area contributed by atoms with Crippen molar-refractivity contribution in [3.05, 3.63) is 59.1 Å². The van der Waals surface area contributed by atoms with Gasteiger partial charge in [-0.15, -0.1) is 11.8 Å². The van der Waals surface area contributed by atoms with Gasteiger partial charge in [0.1, 0.15) is 12.4 Å². The van der Waals surface area contributed by atoms with Crippen LogP contribution in [0.1, 0.15) is 19.4 Å². The van der Waals surface area contributed by atoms with Crippen LogP contribution in [0.4, 0.5) is 0 Å². The van der Waals surface area contributed by atoms with Gasteiger partial charge in [-0.1, -0.05) is 30.7 Å². The molecule has 0 heterocycles. The molecule has 128 valence electrons. The van der Waals surface area contributed by atoms with Crippen LogP contribution < -0.4 is 10.1 Å². The lowest BCUT2D eigenvalue weighted by Crippen LogP contribution is -2.33. The number of amides is 1. The molecular weight excluding hydrogens is 342 g/mol. The van der Waals surface area contributed by atoms with Crippen LogP contribution in [-0.4, -0.2) is 24.3 Å². The second kappa shape index (κ2) is 9.60. The molecule has 0 aliphatic rings. The first-order chi connectivity index (χ1) is 11.6. The summed E-state index contributed by atoms with van der Waals surface area (Å²) >= 11 is 7.37. The molecule has 2 aromatic rings. The molecule has 0 bridgehead atoms. The quantitative estimate of drug-likeness (QED) is 0.551. The summed E-state index contributed by atoms with van der Waals surface area (Å²) in [4.78, 5) is 13.1. The van der Waals surface area contributed by atoms with Gasteiger partial charge < -0.3 is 10.1 Å². The fraction of sp³-hybridized carbons (Fsp3) is 0.316. The highest BCUT2D eigenvalue weighted by molar-refractivity contribution is 8.00. The Bertz CT molecular complexity index is 643. The molecule has 2 rings (SSSR count). The Kier molecular flexibility index (Phi) is 7.47. The molecule has 1 atom stereocenters. The molecule has 0 spiro atoms. The number of hydrogen-bond donors (Lipinski definition) is 1. The topological polar surface area (TPSA) is 38.3 Å². The van der Waals surface area contributed by atoms with Gasteiger partial charge in [0.25, 0.3) is 0 Å². The Hall–Kier alpha value is -1.65. The van der Waals surface area contributed by atoms with Crippen LogP contribution in [-0.2, 0) is 11.2 Å². The third-order valence-electron chi connectivity index (χ3n) is 3.50. The van der Waals surface area contributed by atoms with E-state index >= 15 is 0 Å². The summed E-state index contributed by atoms with van der Waals surface area (Å²) in [6.07, 6.45) is 1.01. The number of carbonyl (C=O) groups is 1. The van der Waals surface area contributed by atoms with E-state index in [2.05, 4.69) is 24.4 Å². The maximum absolute atomic E-state index is 12.1. The highest BCUT2D eigenvalue weighted by Crippen LogP contribution is 2.24. The Morgan fingerprint density at radius 3 is 2.46 bits per heavy atom. The molecule has 5 heteroatoms. The van der Waals surface area contributed by atoms with Crippen LogP contribution >= 0.6 is 23.4 Å². The van der Waals surface area contributed by atoms with Crippen molar-refractivity contribution in [2.24, 2.45) is 0 Å². The van der Waals surface area contributed by atoms with Crippen molar-refractivity contribution in [2.75, 3.05) is 13.2 Å². The molecule has 24 heavy (non-hydrogen) atoms. The van der Waals surface area contributed by atoms with Gasteiger partial charge in [-0.2, -0.15) is 0 Å². The SMILES string of the molecule is CCc1ccc(OCCNC(=O)[C@@H](C)Sc2ccc(Cl)cc2)cc1. The van der Waals surface area contributed by atoms with Crippen LogP contribution in [0.25, 0.3) is 0 Å². The zero-order valence-corrected chi connectivity index (χ0v) is 15.5. The Balaban J connectivity index is 1.69. The van der Waals surface area contributed by atoms with E-state index in [1.54, 1.807) is 0 Å². The Morgan fingerprint density at radius 2 is 1.83 bits per heavy atom. The molecule has 0 aliphatic carbocycles. The van der Waals surface area contributed by atoms with Gasteiger partial charge in [0, 0.05) is 9.92 Å². The van der Waals surface area contributed by atoms with Crippen molar-refractivity contribution >= 4 is 29.3 Å². The monoisotopic (exact) mass is 363 g/mol. The number of carbonyl (C=O) groups excluding carboxylic acids is 1. The van der Waals surface area contributed by atoms with Crippen molar-refractivity contribution in [1.82, 2.24) is 5.32 Å². The molecule has 0 radical (unpaired) electrons. The zero-order valence-electron chi connectivity index (χ0n) is 13.9. The summed E-state index contributed by atoms with van der Waals surface area (Å²) in [5.74, 6) is 0.824. The standard InChI is InChI=1S/C19H22ClNO2S/c1-3-15-4-8-17(9-5-15)23-13-12-21-19(22)14(2)24-18-10-6-16(20)7-11-18/h4-11,14H,3,12-13H2,1-2H3,(H,21,22)/t14-/m1/s1. The number of thioether (sulfide) groups is 1. The molecule has 2 aromatic carbocycles. The largest absolute Gasteiger partial charge is 0.492 e. The van der Waals surface area contributed by atoms with Crippen LogP contribution in [0.2, 0.25) is 5.02 Å². The smallest absolute Gasteiger partial charge is 0.233 e. The summed E-state index contributed by atoms with van der Waals surface area (Å²) < 4.78 is 5.63. The number of ether oxygens (including phenoxy) is 1. The molecule has 0 aliphatic heterocycles. The van der Waals surface area contributed by atoms with E-state index in [0.717, 1.165) is 17.1 Å². The second-order valence-electron chi connectivity index (χ2n) is 5.35. The molecule has 0 aromatic heterocycles. The van der Waals surface area contributed by atoms with Crippen molar-refractivity contribution in [3.8, 4) is 5.75 Å². The lowest BCUT2D eigenvalue weighted by Gasteiger charge is -2.12. The lowest BCUT2D eigenvalue weighted by molar-refractivity contribution is -0.120. The first-order valence-corrected chi connectivity index (χ1v) is 9.26. The Morgan fingerprint density at radius 1 is 1.17 bits per heavy atom. The summed E-state index contributed by atoms with van der Waals surface area (Å²) in [7, 11) is 0. The van der Waals surface area contributed by atoms with Crippen molar-refractivity contribution in [1.29, 1.82) is 0 Å². The maximum Gasteiger partial charge on any atom is 0.233 e. The fourth-order valence-electron chi connectivity index (χ4n) is 2.08. The average molecular weight is 364 g/mol. The number of halogens is 1. The zero-order chi connectivity index (χ0) is 17.4. The van der Waals surface area contributed by atoms with Gasteiger partial charge in [0.2, 0.25) is 5.91 Å². The van der Waals surface area contributed by atoms with Crippen LogP contribution in [0.5, 0.6) is 5.75 Å². The minimum Gasteiger partial charge on any atom is -0.492 e. The van der Waals surface area contributed by atoms with Crippen molar-refractivity contribution < 1.29 is 9.53 Å². The van der Waals surface area contributed by atoms with Crippen molar-refractivity contribution in [2.45, 2.75) is 30.4 Å². The minimum absolute atomic E-state index is 0.000110. The van der Waals surface area contributed by atoms with Crippen LogP contribution in [0.3, 0.4) is 0 Å². The second-order valence-corrected chi connectivity index (χ2v) is 7.20. The van der Waals surface area contributed by atoms with Gasteiger partial charge in [0.15, 0.2) is 0 Å². The van der Waals surface area contributed by atoms with E-state index in [4.69, 9.17) is 16.3 Å². The summed E-state index contributed by atoms with van der Waals surface area (Å²) in [5, 5.41) is 3.42. The number of benzene rings is 2. The number of nitrogens with one attached hydrogen (secondary N) is 1.